The van der Waals surface area contributed by atoms with Gasteiger partial charge in [0.1, 0.15) is 0 Å². The lowest BCUT2D eigenvalue weighted by Crippen LogP contribution is -2.33. The molecule has 4 nitrogen and oxygen atoms in total. The zero-order valence-electron chi connectivity index (χ0n) is 15.6. The van der Waals surface area contributed by atoms with E-state index in [9.17, 15) is 4.79 Å². The number of ether oxygens (including phenoxy) is 1. The molecule has 1 fully saturated rings. The van der Waals surface area contributed by atoms with Crippen LogP contribution in [0.15, 0.2) is 54.6 Å². The van der Waals surface area contributed by atoms with Crippen LogP contribution in [0.5, 0.6) is 0 Å². The quantitative estimate of drug-likeness (QED) is 0.841. The Morgan fingerprint density at radius 2 is 1.85 bits per heavy atom. The highest BCUT2D eigenvalue weighted by Gasteiger charge is 2.20. The molecule has 0 aromatic heterocycles. The summed E-state index contributed by atoms with van der Waals surface area (Å²) in [6, 6.07) is 19.4. The Morgan fingerprint density at radius 1 is 1.07 bits per heavy atom. The maximum Gasteiger partial charge on any atom is 0.251 e. The normalized spacial score (nSPS) is 19.7. The Labute approximate surface area is 161 Å². The minimum absolute atomic E-state index is 0.0778. The average molecular weight is 362 g/mol. The first-order valence-electron chi connectivity index (χ1n) is 9.68. The zero-order valence-corrected chi connectivity index (χ0v) is 15.6. The van der Waals surface area contributed by atoms with Crippen LogP contribution in [0.2, 0.25) is 0 Å². The van der Waals surface area contributed by atoms with Crippen molar-refractivity contribution in [1.82, 2.24) is 5.32 Å². The third kappa shape index (κ3) is 5.94. The molecule has 3 rings (SSSR count). The fourth-order valence-electron chi connectivity index (χ4n) is 3.52. The molecule has 2 unspecified atom stereocenters. The number of hydrogen-bond donors (Lipinski definition) is 1. The van der Waals surface area contributed by atoms with Gasteiger partial charge < -0.3 is 10.1 Å². The highest BCUT2D eigenvalue weighted by Crippen LogP contribution is 2.24. The highest BCUT2D eigenvalue weighted by atomic mass is 16.5. The van der Waals surface area contributed by atoms with Gasteiger partial charge in [0, 0.05) is 18.7 Å². The fourth-order valence-corrected chi connectivity index (χ4v) is 3.52. The number of hydrogen-bond acceptors (Lipinski definition) is 3. The summed E-state index contributed by atoms with van der Waals surface area (Å²) in [7, 11) is 0. The second-order valence-corrected chi connectivity index (χ2v) is 7.15. The van der Waals surface area contributed by atoms with E-state index in [0.717, 1.165) is 32.3 Å². The second-order valence-electron chi connectivity index (χ2n) is 7.15. The van der Waals surface area contributed by atoms with Crippen molar-refractivity contribution in [2.45, 2.75) is 38.2 Å². The van der Waals surface area contributed by atoms with E-state index in [0.29, 0.717) is 23.6 Å². The van der Waals surface area contributed by atoms with Crippen molar-refractivity contribution in [3.8, 4) is 6.07 Å². The summed E-state index contributed by atoms with van der Waals surface area (Å²) < 4.78 is 5.95. The Bertz CT molecular complexity index is 765. The van der Waals surface area contributed by atoms with Gasteiger partial charge in [-0.2, -0.15) is 5.26 Å². The number of nitrogens with one attached hydrogen (secondary N) is 1. The van der Waals surface area contributed by atoms with Gasteiger partial charge in [-0.25, -0.2) is 0 Å². The number of benzene rings is 2. The van der Waals surface area contributed by atoms with Crippen LogP contribution in [0.1, 0.15) is 47.2 Å². The maximum atomic E-state index is 12.2. The first kappa shape index (κ1) is 19.1. The maximum absolute atomic E-state index is 12.2. The standard InChI is InChI=1S/C23H26N2O2/c24-16-20-8-11-21(12-9-20)23(26)25-17-22-13-10-19(14-15-27-22)7-6-18-4-2-1-3-5-18/h1-5,8-9,11-12,19,22H,6-7,10,13-15,17H2,(H,25,26). The van der Waals surface area contributed by atoms with Crippen LogP contribution < -0.4 is 5.32 Å². The lowest BCUT2D eigenvalue weighted by atomic mass is 9.92. The molecule has 2 atom stereocenters. The van der Waals surface area contributed by atoms with Gasteiger partial charge in [0.2, 0.25) is 0 Å². The number of nitriles is 1. The summed E-state index contributed by atoms with van der Waals surface area (Å²) >= 11 is 0. The summed E-state index contributed by atoms with van der Waals surface area (Å²) in [5, 5.41) is 11.8. The molecule has 27 heavy (non-hydrogen) atoms. The molecule has 1 N–H and O–H groups in total. The van der Waals surface area contributed by atoms with Crippen molar-refractivity contribution in [1.29, 1.82) is 5.26 Å². The van der Waals surface area contributed by atoms with E-state index in [1.54, 1.807) is 24.3 Å². The number of aryl methyl sites for hydroxylation is 1. The van der Waals surface area contributed by atoms with Crippen molar-refractivity contribution >= 4 is 5.91 Å². The topological polar surface area (TPSA) is 62.1 Å². The zero-order chi connectivity index (χ0) is 18.9. The molecule has 0 aliphatic carbocycles. The number of rotatable bonds is 6. The van der Waals surface area contributed by atoms with Crippen LogP contribution in [-0.4, -0.2) is 25.2 Å². The molecule has 4 heteroatoms. The molecule has 0 bridgehead atoms. The molecule has 1 aliphatic rings. The van der Waals surface area contributed by atoms with Crippen LogP contribution >= 0.6 is 0 Å². The SMILES string of the molecule is N#Cc1ccc(C(=O)NCC2CCC(CCc3ccccc3)CCO2)cc1. The van der Waals surface area contributed by atoms with E-state index in [-0.39, 0.29) is 12.0 Å². The Kier molecular flexibility index (Phi) is 7.01. The average Bonchev–Trinajstić information content (AvgIpc) is 2.96. The lowest BCUT2D eigenvalue weighted by molar-refractivity contribution is 0.0549. The second kappa shape index (κ2) is 9.89. The molecular weight excluding hydrogens is 336 g/mol. The third-order valence-electron chi connectivity index (χ3n) is 5.23. The number of nitrogens with zero attached hydrogens (tertiary/aromatic N) is 1. The molecule has 0 saturated carbocycles. The van der Waals surface area contributed by atoms with Gasteiger partial charge in [0.15, 0.2) is 0 Å². The molecule has 0 spiro atoms. The van der Waals surface area contributed by atoms with E-state index in [2.05, 4.69) is 41.7 Å². The monoisotopic (exact) mass is 362 g/mol. The Morgan fingerprint density at radius 3 is 2.59 bits per heavy atom. The summed E-state index contributed by atoms with van der Waals surface area (Å²) in [4.78, 5) is 12.2. The van der Waals surface area contributed by atoms with E-state index in [1.165, 1.54) is 12.0 Å². The number of carbonyl (C=O) groups excluding carboxylic acids is 1. The van der Waals surface area contributed by atoms with Gasteiger partial charge in [-0.3, -0.25) is 4.79 Å². The molecule has 2 aromatic rings. The predicted molar refractivity (Wildman–Crippen MR) is 105 cm³/mol. The first-order chi connectivity index (χ1) is 13.2. The van der Waals surface area contributed by atoms with Gasteiger partial charge in [-0.15, -0.1) is 0 Å². The molecule has 1 heterocycles. The Balaban J connectivity index is 1.41. The summed E-state index contributed by atoms with van der Waals surface area (Å²) in [5.41, 5.74) is 2.53. The van der Waals surface area contributed by atoms with Gasteiger partial charge in [0.25, 0.3) is 5.91 Å². The predicted octanol–water partition coefficient (Wildman–Crippen LogP) is 4.11. The number of amides is 1. The van der Waals surface area contributed by atoms with Crippen LogP contribution in [0.25, 0.3) is 0 Å². The molecular formula is C23H26N2O2. The number of carbonyl (C=O) groups is 1. The van der Waals surface area contributed by atoms with Gasteiger partial charge in [-0.05, 0) is 67.9 Å². The van der Waals surface area contributed by atoms with Crippen LogP contribution in [0.4, 0.5) is 0 Å². The van der Waals surface area contributed by atoms with Gasteiger partial charge >= 0.3 is 0 Å². The summed E-state index contributed by atoms with van der Waals surface area (Å²) in [5.74, 6) is 0.567. The van der Waals surface area contributed by atoms with Crippen LogP contribution in [-0.2, 0) is 11.2 Å². The smallest absolute Gasteiger partial charge is 0.251 e. The first-order valence-corrected chi connectivity index (χ1v) is 9.68. The van der Waals surface area contributed by atoms with E-state index in [1.807, 2.05) is 0 Å². The van der Waals surface area contributed by atoms with Crippen LogP contribution in [0.3, 0.4) is 0 Å². The minimum atomic E-state index is -0.118. The largest absolute Gasteiger partial charge is 0.376 e. The van der Waals surface area contributed by atoms with Crippen molar-refractivity contribution in [2.75, 3.05) is 13.2 Å². The molecule has 1 saturated heterocycles. The molecule has 2 aromatic carbocycles. The molecule has 140 valence electrons. The molecule has 1 amide bonds. The van der Waals surface area contributed by atoms with E-state index < -0.39 is 0 Å². The Hall–Kier alpha value is -2.64. The summed E-state index contributed by atoms with van der Waals surface area (Å²) in [6.45, 7) is 1.29. The minimum Gasteiger partial charge on any atom is -0.376 e. The van der Waals surface area contributed by atoms with Gasteiger partial charge in [0.05, 0.1) is 17.7 Å². The highest BCUT2D eigenvalue weighted by molar-refractivity contribution is 5.94. The van der Waals surface area contributed by atoms with Crippen molar-refractivity contribution in [3.63, 3.8) is 0 Å². The van der Waals surface area contributed by atoms with E-state index in [4.69, 9.17) is 10.00 Å². The van der Waals surface area contributed by atoms with Crippen molar-refractivity contribution in [2.24, 2.45) is 5.92 Å². The van der Waals surface area contributed by atoms with Crippen LogP contribution in [0, 0.1) is 17.2 Å². The lowest BCUT2D eigenvalue weighted by Gasteiger charge is -2.16. The third-order valence-corrected chi connectivity index (χ3v) is 5.23. The molecule has 0 radical (unpaired) electrons. The fraction of sp³-hybridized carbons (Fsp3) is 0.391. The van der Waals surface area contributed by atoms with E-state index >= 15 is 0 Å². The van der Waals surface area contributed by atoms with Crippen molar-refractivity contribution < 1.29 is 9.53 Å². The molecule has 1 aliphatic heterocycles. The van der Waals surface area contributed by atoms with Gasteiger partial charge in [-0.1, -0.05) is 30.3 Å². The summed E-state index contributed by atoms with van der Waals surface area (Å²) in [6.07, 6.45) is 5.60. The van der Waals surface area contributed by atoms with Crippen molar-refractivity contribution in [3.05, 3.63) is 71.3 Å².